The molecule has 0 saturated heterocycles. The topological polar surface area (TPSA) is 121 Å². The van der Waals surface area contributed by atoms with E-state index in [4.69, 9.17) is 16.7 Å². The molecular formula is C30H29ClF2N6O4. The van der Waals surface area contributed by atoms with Crippen molar-refractivity contribution in [3.63, 3.8) is 0 Å². The summed E-state index contributed by atoms with van der Waals surface area (Å²) in [4.78, 5) is 42.8. The SMILES string of the molecule is CC(=O)NC[C@@H]1CN([C@@H](C)c2ccc(OC(F)F)cc2)C(=O)c2c3c(nn21)C[C@@H](C)N(C(=O)c1ccc(Cl)c(C#N)c1)C3. The molecule has 0 spiro atoms. The fraction of sp³-hybridized carbons (Fsp3) is 0.367. The van der Waals surface area contributed by atoms with Gasteiger partial charge >= 0.3 is 6.61 Å². The third-order valence-corrected chi connectivity index (χ3v) is 8.22. The summed E-state index contributed by atoms with van der Waals surface area (Å²) in [5.74, 6) is -0.822. The number of ether oxygens (including phenoxy) is 1. The number of hydrogen-bond donors (Lipinski definition) is 1. The minimum atomic E-state index is -2.95. The van der Waals surface area contributed by atoms with E-state index in [1.165, 1.54) is 31.2 Å². The number of nitrogens with zero attached hydrogens (tertiary/aromatic N) is 5. The predicted molar refractivity (Wildman–Crippen MR) is 152 cm³/mol. The zero-order chi connectivity index (χ0) is 31.0. The van der Waals surface area contributed by atoms with Crippen molar-refractivity contribution in [2.45, 2.75) is 58.5 Å². The zero-order valence-electron chi connectivity index (χ0n) is 23.7. The van der Waals surface area contributed by atoms with Crippen molar-refractivity contribution in [3.05, 3.63) is 81.1 Å². The molecule has 0 bridgehead atoms. The van der Waals surface area contributed by atoms with Gasteiger partial charge in [-0.1, -0.05) is 23.7 Å². The summed E-state index contributed by atoms with van der Waals surface area (Å²) < 4.78 is 31.4. The van der Waals surface area contributed by atoms with Gasteiger partial charge in [0.15, 0.2) is 0 Å². The number of aromatic nitrogens is 2. The molecule has 43 heavy (non-hydrogen) atoms. The highest BCUT2D eigenvalue weighted by Crippen LogP contribution is 2.36. The molecule has 3 aromatic rings. The second-order valence-electron chi connectivity index (χ2n) is 10.7. The van der Waals surface area contributed by atoms with Crippen LogP contribution in [-0.4, -0.2) is 63.0 Å². The molecule has 5 rings (SSSR count). The zero-order valence-corrected chi connectivity index (χ0v) is 24.4. The molecule has 13 heteroatoms. The first kappa shape index (κ1) is 30.0. The quantitative estimate of drug-likeness (QED) is 0.421. The van der Waals surface area contributed by atoms with Crippen LogP contribution in [-0.2, 0) is 17.8 Å². The predicted octanol–water partition coefficient (Wildman–Crippen LogP) is 4.49. The van der Waals surface area contributed by atoms with Crippen LogP contribution in [0.5, 0.6) is 5.75 Å². The highest BCUT2D eigenvalue weighted by molar-refractivity contribution is 6.31. The second-order valence-corrected chi connectivity index (χ2v) is 11.1. The molecule has 0 fully saturated rings. The van der Waals surface area contributed by atoms with Gasteiger partial charge in [-0.05, 0) is 49.7 Å². The lowest BCUT2D eigenvalue weighted by molar-refractivity contribution is -0.119. The van der Waals surface area contributed by atoms with Crippen LogP contribution in [0.2, 0.25) is 5.02 Å². The summed E-state index contributed by atoms with van der Waals surface area (Å²) in [6, 6.07) is 11.5. The molecule has 2 aliphatic rings. The Bertz CT molecular complexity index is 1620. The number of fused-ring (bicyclic) bond motifs is 3. The molecule has 3 atom stereocenters. The lowest BCUT2D eigenvalue weighted by Crippen LogP contribution is -2.48. The van der Waals surface area contributed by atoms with E-state index in [9.17, 15) is 28.4 Å². The Balaban J connectivity index is 1.49. The molecule has 2 aromatic carbocycles. The van der Waals surface area contributed by atoms with Gasteiger partial charge < -0.3 is 19.9 Å². The van der Waals surface area contributed by atoms with Crippen LogP contribution in [0.3, 0.4) is 0 Å². The Kier molecular flexibility index (Phi) is 8.37. The maximum Gasteiger partial charge on any atom is 0.387 e. The van der Waals surface area contributed by atoms with E-state index < -0.39 is 12.7 Å². The van der Waals surface area contributed by atoms with Gasteiger partial charge in [-0.2, -0.15) is 19.1 Å². The summed E-state index contributed by atoms with van der Waals surface area (Å²) in [5, 5.41) is 17.2. The van der Waals surface area contributed by atoms with Crippen molar-refractivity contribution < 1.29 is 27.9 Å². The molecule has 0 aliphatic carbocycles. The van der Waals surface area contributed by atoms with E-state index in [0.717, 1.165) is 0 Å². The van der Waals surface area contributed by atoms with Crippen molar-refractivity contribution in [2.75, 3.05) is 13.1 Å². The average molecular weight is 611 g/mol. The largest absolute Gasteiger partial charge is 0.435 e. The van der Waals surface area contributed by atoms with Crippen LogP contribution in [0.25, 0.3) is 0 Å². The molecule has 3 amide bonds. The number of benzene rings is 2. The molecule has 0 unspecified atom stereocenters. The van der Waals surface area contributed by atoms with Crippen molar-refractivity contribution >= 4 is 29.3 Å². The van der Waals surface area contributed by atoms with Crippen molar-refractivity contribution in [1.29, 1.82) is 5.26 Å². The van der Waals surface area contributed by atoms with Gasteiger partial charge in [0.25, 0.3) is 11.8 Å². The molecule has 0 radical (unpaired) electrons. The fourth-order valence-corrected chi connectivity index (χ4v) is 5.77. The van der Waals surface area contributed by atoms with Gasteiger partial charge in [0, 0.05) is 43.6 Å². The number of halogens is 3. The van der Waals surface area contributed by atoms with Crippen LogP contribution in [0.4, 0.5) is 8.78 Å². The van der Waals surface area contributed by atoms with Crippen molar-refractivity contribution in [1.82, 2.24) is 24.9 Å². The fourth-order valence-electron chi connectivity index (χ4n) is 5.61. The molecule has 10 nitrogen and oxygen atoms in total. The van der Waals surface area contributed by atoms with Crippen LogP contribution < -0.4 is 10.1 Å². The number of nitriles is 1. The van der Waals surface area contributed by atoms with Gasteiger partial charge in [0.1, 0.15) is 17.5 Å². The summed E-state index contributed by atoms with van der Waals surface area (Å²) in [5.41, 5.74) is 2.86. The number of rotatable bonds is 7. The van der Waals surface area contributed by atoms with Crippen LogP contribution in [0.1, 0.15) is 76.1 Å². The molecule has 2 aliphatic heterocycles. The maximum absolute atomic E-state index is 14.1. The molecule has 3 heterocycles. The minimum absolute atomic E-state index is 0.00746. The molecule has 0 saturated carbocycles. The number of amides is 3. The van der Waals surface area contributed by atoms with Crippen molar-refractivity contribution in [2.24, 2.45) is 0 Å². The first-order chi connectivity index (χ1) is 20.5. The highest BCUT2D eigenvalue weighted by atomic mass is 35.5. The van der Waals surface area contributed by atoms with Gasteiger partial charge in [0.05, 0.1) is 34.9 Å². The van der Waals surface area contributed by atoms with E-state index in [1.807, 2.05) is 19.9 Å². The first-order valence-corrected chi connectivity index (χ1v) is 14.1. The summed E-state index contributed by atoms with van der Waals surface area (Å²) in [7, 11) is 0. The molecule has 224 valence electrons. The van der Waals surface area contributed by atoms with Gasteiger partial charge in [-0.25, -0.2) is 0 Å². The van der Waals surface area contributed by atoms with E-state index >= 15 is 0 Å². The van der Waals surface area contributed by atoms with E-state index in [0.29, 0.717) is 34.5 Å². The second kappa shape index (κ2) is 12.0. The summed E-state index contributed by atoms with van der Waals surface area (Å²) >= 11 is 6.07. The van der Waals surface area contributed by atoms with Gasteiger partial charge in [-0.3, -0.25) is 19.1 Å². The standard InChI is InChI=1S/C30H29ClF2N6O4/c1-16-10-26-24(15-37(16)28(41)20-6-9-25(31)21(11-20)12-34)27-29(42)38(14-22(39(27)36-26)13-35-18(3)40)17(2)19-4-7-23(8-5-19)43-30(32)33/h4-9,11,16-17,22,30H,10,13-15H2,1-3H3,(H,35,40)/t16-,17+,22-/m1/s1. The Morgan fingerprint density at radius 3 is 2.60 bits per heavy atom. The van der Waals surface area contributed by atoms with Crippen LogP contribution >= 0.6 is 11.6 Å². The molecular weight excluding hydrogens is 582 g/mol. The third kappa shape index (κ3) is 5.90. The Morgan fingerprint density at radius 2 is 1.95 bits per heavy atom. The lowest BCUT2D eigenvalue weighted by atomic mass is 9.96. The van der Waals surface area contributed by atoms with E-state index in [2.05, 4.69) is 10.1 Å². The Hall–Kier alpha value is -4.50. The third-order valence-electron chi connectivity index (χ3n) is 7.89. The summed E-state index contributed by atoms with van der Waals surface area (Å²) in [6.07, 6.45) is 0.404. The summed E-state index contributed by atoms with van der Waals surface area (Å²) in [6.45, 7) is 2.77. The number of hydrogen-bond acceptors (Lipinski definition) is 6. The monoisotopic (exact) mass is 610 g/mol. The highest BCUT2D eigenvalue weighted by Gasteiger charge is 2.41. The lowest BCUT2D eigenvalue weighted by Gasteiger charge is -2.38. The van der Waals surface area contributed by atoms with E-state index in [1.54, 1.807) is 32.7 Å². The van der Waals surface area contributed by atoms with Crippen molar-refractivity contribution in [3.8, 4) is 11.8 Å². The maximum atomic E-state index is 14.1. The minimum Gasteiger partial charge on any atom is -0.435 e. The first-order valence-electron chi connectivity index (χ1n) is 13.7. The molecule has 1 N–H and O–H groups in total. The molecule has 1 aromatic heterocycles. The average Bonchev–Trinajstić information content (AvgIpc) is 3.34. The number of nitrogens with one attached hydrogen (secondary N) is 1. The number of carbonyl (C=O) groups is 3. The van der Waals surface area contributed by atoms with Crippen LogP contribution in [0, 0.1) is 11.3 Å². The Labute approximate surface area is 251 Å². The normalized spacial score (nSPS) is 18.5. The van der Waals surface area contributed by atoms with Gasteiger partial charge in [0.2, 0.25) is 5.91 Å². The Morgan fingerprint density at radius 1 is 1.23 bits per heavy atom. The smallest absolute Gasteiger partial charge is 0.387 e. The van der Waals surface area contributed by atoms with Crippen LogP contribution in [0.15, 0.2) is 42.5 Å². The van der Waals surface area contributed by atoms with E-state index in [-0.39, 0.29) is 65.8 Å². The number of alkyl halides is 2. The van der Waals surface area contributed by atoms with Gasteiger partial charge in [-0.15, -0.1) is 0 Å². The number of carbonyl (C=O) groups excluding carboxylic acids is 3.